The van der Waals surface area contributed by atoms with Crippen LogP contribution in [0.3, 0.4) is 0 Å². The fourth-order valence-electron chi connectivity index (χ4n) is 9.51. The monoisotopic (exact) mass is 947 g/mol. The van der Waals surface area contributed by atoms with Gasteiger partial charge in [0.2, 0.25) is 0 Å². The van der Waals surface area contributed by atoms with Gasteiger partial charge in [-0.25, -0.2) is 0 Å². The van der Waals surface area contributed by atoms with E-state index in [0.717, 1.165) is 57.8 Å². The molecule has 0 aromatic heterocycles. The maximum Gasteiger partial charge on any atom is 0.306 e. The normalized spacial score (nSPS) is 11.9. The molecule has 0 saturated carbocycles. The molecule has 0 spiro atoms. The third-order valence-corrected chi connectivity index (χ3v) is 14.1. The van der Waals surface area contributed by atoms with Crippen LogP contribution in [0.2, 0.25) is 0 Å². The third kappa shape index (κ3) is 55.2. The van der Waals surface area contributed by atoms with Gasteiger partial charge in [-0.1, -0.05) is 316 Å². The topological polar surface area (TPSA) is 78.9 Å². The molecule has 0 aromatic carbocycles. The summed E-state index contributed by atoms with van der Waals surface area (Å²) in [7, 11) is 0. The van der Waals surface area contributed by atoms with E-state index >= 15 is 0 Å². The Morgan fingerprint density at radius 3 is 0.597 bits per heavy atom. The molecule has 0 fully saturated rings. The Bertz CT molecular complexity index is 998. The van der Waals surface area contributed by atoms with Crippen molar-refractivity contribution in [1.29, 1.82) is 0 Å². The standard InChI is InChI=1S/C61H118O6/c1-4-7-10-13-16-19-22-25-28-29-30-31-34-36-39-42-45-48-51-54-60(63)66-57-58(67-61(64)55-52-49-46-43-40-37-33-27-24-21-18-15-12-9-6-3)56-65-59(62)53-50-47-44-41-38-35-32-26-23-20-17-14-11-8-5-2/h58H,4-57H2,1-3H3/t58-/m1/s1. The predicted molar refractivity (Wildman–Crippen MR) is 289 cm³/mol. The quantitative estimate of drug-likeness (QED) is 0.0343. The van der Waals surface area contributed by atoms with E-state index in [9.17, 15) is 14.4 Å². The zero-order valence-corrected chi connectivity index (χ0v) is 45.7. The van der Waals surface area contributed by atoms with Crippen LogP contribution in [0.25, 0.3) is 0 Å². The molecule has 0 aliphatic rings. The van der Waals surface area contributed by atoms with Gasteiger partial charge in [0.1, 0.15) is 13.2 Å². The molecule has 0 bridgehead atoms. The van der Waals surface area contributed by atoms with Gasteiger partial charge in [0, 0.05) is 19.3 Å². The van der Waals surface area contributed by atoms with Crippen molar-refractivity contribution in [2.45, 2.75) is 361 Å². The molecule has 1 atom stereocenters. The van der Waals surface area contributed by atoms with Crippen molar-refractivity contribution in [1.82, 2.24) is 0 Å². The van der Waals surface area contributed by atoms with Crippen LogP contribution in [0.5, 0.6) is 0 Å². The number of unbranched alkanes of at least 4 members (excludes halogenated alkanes) is 46. The summed E-state index contributed by atoms with van der Waals surface area (Å²) in [5.41, 5.74) is 0. The first-order valence-electron chi connectivity index (χ1n) is 30.5. The van der Waals surface area contributed by atoms with Gasteiger partial charge in [0.05, 0.1) is 0 Å². The SMILES string of the molecule is CCCCCCCCCCCCCCCCCCCCCC(=O)OC[C@@H](COC(=O)CCCCCCCCCCCCCCCCC)OC(=O)CCCCCCCCCCCCCCCCC. The highest BCUT2D eigenvalue weighted by Gasteiger charge is 2.19. The van der Waals surface area contributed by atoms with Crippen molar-refractivity contribution in [2.24, 2.45) is 0 Å². The van der Waals surface area contributed by atoms with Gasteiger partial charge in [0.25, 0.3) is 0 Å². The van der Waals surface area contributed by atoms with E-state index in [1.807, 2.05) is 0 Å². The first-order chi connectivity index (χ1) is 33.0. The van der Waals surface area contributed by atoms with Crippen LogP contribution in [0.4, 0.5) is 0 Å². The number of esters is 3. The average molecular weight is 948 g/mol. The summed E-state index contributed by atoms with van der Waals surface area (Å²) in [6.07, 6.45) is 63.8. The summed E-state index contributed by atoms with van der Waals surface area (Å²) in [6, 6.07) is 0. The highest BCUT2D eigenvalue weighted by atomic mass is 16.6. The van der Waals surface area contributed by atoms with Gasteiger partial charge in [0.15, 0.2) is 6.10 Å². The Morgan fingerprint density at radius 2 is 0.403 bits per heavy atom. The minimum absolute atomic E-state index is 0.0607. The van der Waals surface area contributed by atoms with Crippen LogP contribution >= 0.6 is 0 Å². The largest absolute Gasteiger partial charge is 0.462 e. The van der Waals surface area contributed by atoms with Crippen molar-refractivity contribution < 1.29 is 28.6 Å². The van der Waals surface area contributed by atoms with Gasteiger partial charge in [-0.3, -0.25) is 14.4 Å². The van der Waals surface area contributed by atoms with E-state index < -0.39 is 6.10 Å². The van der Waals surface area contributed by atoms with Gasteiger partial charge < -0.3 is 14.2 Å². The van der Waals surface area contributed by atoms with E-state index in [1.54, 1.807) is 0 Å². The molecule has 0 saturated heterocycles. The molecule has 0 heterocycles. The molecule has 67 heavy (non-hydrogen) atoms. The summed E-state index contributed by atoms with van der Waals surface area (Å²) in [5.74, 6) is -0.828. The lowest BCUT2D eigenvalue weighted by Crippen LogP contribution is -2.30. The van der Waals surface area contributed by atoms with Crippen molar-refractivity contribution in [3.05, 3.63) is 0 Å². The van der Waals surface area contributed by atoms with Crippen LogP contribution in [-0.2, 0) is 28.6 Å². The van der Waals surface area contributed by atoms with E-state index in [0.29, 0.717) is 19.3 Å². The van der Waals surface area contributed by atoms with Gasteiger partial charge >= 0.3 is 17.9 Å². The highest BCUT2D eigenvalue weighted by molar-refractivity contribution is 5.71. The zero-order valence-electron chi connectivity index (χ0n) is 45.7. The third-order valence-electron chi connectivity index (χ3n) is 14.1. The molecule has 398 valence electrons. The maximum absolute atomic E-state index is 12.9. The molecule has 0 N–H and O–H groups in total. The summed E-state index contributed by atoms with van der Waals surface area (Å²) in [6.45, 7) is 6.72. The van der Waals surface area contributed by atoms with Crippen LogP contribution in [0.1, 0.15) is 355 Å². The molecule has 0 amide bonds. The lowest BCUT2D eigenvalue weighted by Gasteiger charge is -2.18. The number of hydrogen-bond acceptors (Lipinski definition) is 6. The second-order valence-corrected chi connectivity index (χ2v) is 21.0. The summed E-state index contributed by atoms with van der Waals surface area (Å²) < 4.78 is 16.9. The molecule has 0 rings (SSSR count). The van der Waals surface area contributed by atoms with Gasteiger partial charge in [-0.05, 0) is 19.3 Å². The lowest BCUT2D eigenvalue weighted by molar-refractivity contribution is -0.167. The van der Waals surface area contributed by atoms with E-state index in [4.69, 9.17) is 14.2 Å². The zero-order chi connectivity index (χ0) is 48.6. The Morgan fingerprint density at radius 1 is 0.239 bits per heavy atom. The Kier molecular flexibility index (Phi) is 55.6. The average Bonchev–Trinajstić information content (AvgIpc) is 3.33. The molecule has 6 heteroatoms. The molecule has 0 unspecified atom stereocenters. The molecular formula is C61H118O6. The van der Waals surface area contributed by atoms with E-state index in [1.165, 1.54) is 257 Å². The van der Waals surface area contributed by atoms with Crippen molar-refractivity contribution in [3.63, 3.8) is 0 Å². The van der Waals surface area contributed by atoms with Crippen LogP contribution in [0.15, 0.2) is 0 Å². The number of carbonyl (C=O) groups excluding carboxylic acids is 3. The fourth-order valence-corrected chi connectivity index (χ4v) is 9.51. The van der Waals surface area contributed by atoms with Crippen LogP contribution in [0, 0.1) is 0 Å². The summed E-state index contributed by atoms with van der Waals surface area (Å²) in [4.78, 5) is 38.2. The highest BCUT2D eigenvalue weighted by Crippen LogP contribution is 2.18. The number of rotatable bonds is 57. The van der Waals surface area contributed by atoms with Crippen molar-refractivity contribution in [2.75, 3.05) is 13.2 Å². The van der Waals surface area contributed by atoms with Gasteiger partial charge in [-0.15, -0.1) is 0 Å². The van der Waals surface area contributed by atoms with Crippen molar-refractivity contribution in [3.8, 4) is 0 Å². The summed E-state index contributed by atoms with van der Waals surface area (Å²) in [5, 5.41) is 0. The lowest BCUT2D eigenvalue weighted by atomic mass is 10.0. The molecule has 0 aliphatic heterocycles. The molecule has 0 aliphatic carbocycles. The fraction of sp³-hybridized carbons (Fsp3) is 0.951. The Hall–Kier alpha value is -1.59. The Labute approximate surface area is 418 Å². The van der Waals surface area contributed by atoms with E-state index in [2.05, 4.69) is 20.8 Å². The van der Waals surface area contributed by atoms with E-state index in [-0.39, 0.29) is 31.1 Å². The van der Waals surface area contributed by atoms with Crippen LogP contribution < -0.4 is 0 Å². The predicted octanol–water partition coefficient (Wildman–Crippen LogP) is 20.3. The first-order valence-corrected chi connectivity index (χ1v) is 30.5. The second kappa shape index (κ2) is 57.0. The minimum atomic E-state index is -0.761. The second-order valence-electron chi connectivity index (χ2n) is 21.0. The first kappa shape index (κ1) is 65.4. The Balaban J connectivity index is 4.27. The maximum atomic E-state index is 12.9. The molecule has 0 radical (unpaired) electrons. The minimum Gasteiger partial charge on any atom is -0.462 e. The number of ether oxygens (including phenoxy) is 3. The molecule has 6 nitrogen and oxygen atoms in total. The number of carbonyl (C=O) groups is 3. The van der Waals surface area contributed by atoms with Gasteiger partial charge in [-0.2, -0.15) is 0 Å². The molecular weight excluding hydrogens is 829 g/mol. The van der Waals surface area contributed by atoms with Crippen molar-refractivity contribution >= 4 is 17.9 Å². The molecule has 0 aromatic rings. The summed E-state index contributed by atoms with van der Waals surface area (Å²) >= 11 is 0. The van der Waals surface area contributed by atoms with Crippen LogP contribution in [-0.4, -0.2) is 37.2 Å². The smallest absolute Gasteiger partial charge is 0.306 e. The number of hydrogen-bond donors (Lipinski definition) is 0.